The maximum atomic E-state index is 12.4. The predicted octanol–water partition coefficient (Wildman–Crippen LogP) is 3.21. The summed E-state index contributed by atoms with van der Waals surface area (Å²) >= 11 is 0. The fourth-order valence-corrected chi connectivity index (χ4v) is 2.98. The highest BCUT2D eigenvalue weighted by molar-refractivity contribution is 5.94. The van der Waals surface area contributed by atoms with Crippen LogP contribution in [0.2, 0.25) is 0 Å². The van der Waals surface area contributed by atoms with Gasteiger partial charge in [0.1, 0.15) is 11.5 Å². The zero-order valence-corrected chi connectivity index (χ0v) is 14.6. The summed E-state index contributed by atoms with van der Waals surface area (Å²) in [6, 6.07) is 16.3. The van der Waals surface area contributed by atoms with Crippen molar-refractivity contribution < 1.29 is 19.4 Å². The number of carbonyl (C=O) groups excluding carboxylic acids is 1. The van der Waals surface area contributed by atoms with Crippen molar-refractivity contribution in [1.29, 1.82) is 0 Å². The first-order chi connectivity index (χ1) is 12.5. The van der Waals surface area contributed by atoms with E-state index in [9.17, 15) is 9.59 Å². The van der Waals surface area contributed by atoms with Crippen LogP contribution >= 0.6 is 0 Å². The van der Waals surface area contributed by atoms with E-state index in [2.05, 4.69) is 5.32 Å². The molecule has 136 valence electrons. The smallest absolute Gasteiger partial charge is 0.307 e. The molecular formula is C20H22N2O4. The van der Waals surface area contributed by atoms with Gasteiger partial charge >= 0.3 is 5.97 Å². The monoisotopic (exact) mass is 354 g/mol. The van der Waals surface area contributed by atoms with E-state index in [0.29, 0.717) is 30.9 Å². The van der Waals surface area contributed by atoms with E-state index in [1.54, 1.807) is 31.2 Å². The van der Waals surface area contributed by atoms with Crippen LogP contribution in [0.5, 0.6) is 11.5 Å². The standard InChI is InChI=1S/C20H22N2O4/c1-14(22-12-11-15(13-22)20(24)25)19(23)21-16-7-9-18(10-8-16)26-17-5-3-2-4-6-17/h2-10,14-15H,11-13H2,1H3,(H,21,23)(H,24,25). The van der Waals surface area contributed by atoms with Crippen LogP contribution in [-0.2, 0) is 9.59 Å². The molecule has 0 saturated carbocycles. The number of benzene rings is 2. The molecule has 0 aromatic heterocycles. The molecule has 0 aliphatic carbocycles. The van der Waals surface area contributed by atoms with E-state index in [0.717, 1.165) is 5.75 Å². The number of amides is 1. The third-order valence-corrected chi connectivity index (χ3v) is 4.60. The summed E-state index contributed by atoms with van der Waals surface area (Å²) in [5, 5.41) is 11.9. The Balaban J connectivity index is 1.55. The van der Waals surface area contributed by atoms with Gasteiger partial charge in [0.25, 0.3) is 0 Å². The molecule has 2 atom stereocenters. The quantitative estimate of drug-likeness (QED) is 0.833. The molecule has 2 aromatic carbocycles. The van der Waals surface area contributed by atoms with Crippen LogP contribution in [0.3, 0.4) is 0 Å². The Hall–Kier alpha value is -2.86. The van der Waals surface area contributed by atoms with Crippen molar-refractivity contribution in [2.45, 2.75) is 19.4 Å². The van der Waals surface area contributed by atoms with Gasteiger partial charge in [-0.25, -0.2) is 0 Å². The second kappa shape index (κ2) is 8.01. The van der Waals surface area contributed by atoms with Crippen molar-refractivity contribution in [1.82, 2.24) is 4.90 Å². The van der Waals surface area contributed by atoms with Gasteiger partial charge in [0.15, 0.2) is 0 Å². The molecule has 2 unspecified atom stereocenters. The Morgan fingerprint density at radius 2 is 1.77 bits per heavy atom. The maximum Gasteiger partial charge on any atom is 0.307 e. The minimum Gasteiger partial charge on any atom is -0.481 e. The number of ether oxygens (including phenoxy) is 1. The lowest BCUT2D eigenvalue weighted by atomic mass is 10.1. The first-order valence-corrected chi connectivity index (χ1v) is 8.63. The van der Waals surface area contributed by atoms with E-state index < -0.39 is 5.97 Å². The van der Waals surface area contributed by atoms with Crippen molar-refractivity contribution in [2.75, 3.05) is 18.4 Å². The summed E-state index contributed by atoms with van der Waals surface area (Å²) in [6.45, 7) is 2.83. The Labute approximate surface area is 152 Å². The lowest BCUT2D eigenvalue weighted by molar-refractivity contribution is -0.141. The van der Waals surface area contributed by atoms with Crippen molar-refractivity contribution in [3.63, 3.8) is 0 Å². The molecule has 1 amide bonds. The number of aliphatic carboxylic acids is 1. The fourth-order valence-electron chi connectivity index (χ4n) is 2.98. The number of anilines is 1. The molecule has 0 bridgehead atoms. The molecule has 1 heterocycles. The molecule has 2 N–H and O–H groups in total. The molecule has 1 saturated heterocycles. The molecular weight excluding hydrogens is 332 g/mol. The Kier molecular flexibility index (Phi) is 5.53. The van der Waals surface area contributed by atoms with Crippen molar-refractivity contribution in [2.24, 2.45) is 5.92 Å². The molecule has 1 aliphatic rings. The third-order valence-electron chi connectivity index (χ3n) is 4.60. The van der Waals surface area contributed by atoms with E-state index in [1.165, 1.54) is 0 Å². The lowest BCUT2D eigenvalue weighted by Gasteiger charge is -2.23. The number of carbonyl (C=O) groups is 2. The van der Waals surface area contributed by atoms with Gasteiger partial charge in [-0.3, -0.25) is 14.5 Å². The largest absolute Gasteiger partial charge is 0.481 e. The summed E-state index contributed by atoms with van der Waals surface area (Å²) in [6.07, 6.45) is 0.582. The SMILES string of the molecule is CC(C(=O)Nc1ccc(Oc2ccccc2)cc1)N1CCC(C(=O)O)C1. The molecule has 1 aliphatic heterocycles. The minimum absolute atomic E-state index is 0.146. The highest BCUT2D eigenvalue weighted by atomic mass is 16.5. The molecule has 6 nitrogen and oxygen atoms in total. The number of hydrogen-bond acceptors (Lipinski definition) is 4. The lowest BCUT2D eigenvalue weighted by Crippen LogP contribution is -2.41. The highest BCUT2D eigenvalue weighted by Crippen LogP contribution is 2.23. The van der Waals surface area contributed by atoms with E-state index in [-0.39, 0.29) is 17.9 Å². The van der Waals surface area contributed by atoms with Gasteiger partial charge in [0, 0.05) is 12.2 Å². The number of rotatable bonds is 6. The second-order valence-electron chi connectivity index (χ2n) is 6.42. The average Bonchev–Trinajstić information content (AvgIpc) is 3.14. The number of carboxylic acids is 1. The van der Waals surface area contributed by atoms with Crippen LogP contribution in [0.1, 0.15) is 13.3 Å². The summed E-state index contributed by atoms with van der Waals surface area (Å²) < 4.78 is 5.72. The fraction of sp³-hybridized carbons (Fsp3) is 0.300. The topological polar surface area (TPSA) is 78.9 Å². The first kappa shape index (κ1) is 17.9. The summed E-state index contributed by atoms with van der Waals surface area (Å²) in [5.74, 6) is 0.104. The molecule has 3 rings (SSSR count). The van der Waals surface area contributed by atoms with E-state index in [1.807, 2.05) is 35.2 Å². The predicted molar refractivity (Wildman–Crippen MR) is 98.4 cm³/mol. The molecule has 0 spiro atoms. The van der Waals surface area contributed by atoms with Crippen LogP contribution in [0.4, 0.5) is 5.69 Å². The van der Waals surface area contributed by atoms with Crippen LogP contribution in [0, 0.1) is 5.92 Å². The Bertz CT molecular complexity index is 761. The molecule has 2 aromatic rings. The van der Waals surface area contributed by atoms with Gasteiger partial charge in [0.2, 0.25) is 5.91 Å². The summed E-state index contributed by atoms with van der Waals surface area (Å²) in [7, 11) is 0. The van der Waals surface area contributed by atoms with Crippen LogP contribution in [-0.4, -0.2) is 41.0 Å². The van der Waals surface area contributed by atoms with Gasteiger partial charge in [-0.15, -0.1) is 0 Å². The van der Waals surface area contributed by atoms with Gasteiger partial charge < -0.3 is 15.2 Å². The molecule has 6 heteroatoms. The van der Waals surface area contributed by atoms with Crippen molar-refractivity contribution in [3.05, 3.63) is 54.6 Å². The Morgan fingerprint density at radius 1 is 1.12 bits per heavy atom. The van der Waals surface area contributed by atoms with E-state index in [4.69, 9.17) is 9.84 Å². The number of hydrogen-bond donors (Lipinski definition) is 2. The van der Waals surface area contributed by atoms with Gasteiger partial charge in [0.05, 0.1) is 12.0 Å². The van der Waals surface area contributed by atoms with Crippen LogP contribution in [0.15, 0.2) is 54.6 Å². The maximum absolute atomic E-state index is 12.4. The molecule has 0 radical (unpaired) electrons. The number of para-hydroxylation sites is 1. The van der Waals surface area contributed by atoms with Gasteiger partial charge in [-0.05, 0) is 56.3 Å². The highest BCUT2D eigenvalue weighted by Gasteiger charge is 2.33. The normalized spacial score (nSPS) is 18.3. The summed E-state index contributed by atoms with van der Waals surface area (Å²) in [5.41, 5.74) is 0.677. The van der Waals surface area contributed by atoms with Crippen molar-refractivity contribution >= 4 is 17.6 Å². The van der Waals surface area contributed by atoms with Crippen molar-refractivity contribution in [3.8, 4) is 11.5 Å². The number of carboxylic acid groups (broad SMARTS) is 1. The van der Waals surface area contributed by atoms with Gasteiger partial charge in [-0.2, -0.15) is 0 Å². The van der Waals surface area contributed by atoms with Gasteiger partial charge in [-0.1, -0.05) is 18.2 Å². The number of nitrogens with one attached hydrogen (secondary N) is 1. The first-order valence-electron chi connectivity index (χ1n) is 8.63. The molecule has 1 fully saturated rings. The zero-order chi connectivity index (χ0) is 18.5. The zero-order valence-electron chi connectivity index (χ0n) is 14.6. The van der Waals surface area contributed by atoms with E-state index >= 15 is 0 Å². The number of likely N-dealkylation sites (tertiary alicyclic amines) is 1. The average molecular weight is 354 g/mol. The Morgan fingerprint density at radius 3 is 2.38 bits per heavy atom. The minimum atomic E-state index is -0.797. The number of nitrogens with zero attached hydrogens (tertiary/aromatic N) is 1. The third kappa shape index (κ3) is 4.40. The summed E-state index contributed by atoms with van der Waals surface area (Å²) in [4.78, 5) is 25.4. The second-order valence-corrected chi connectivity index (χ2v) is 6.42. The van der Waals surface area contributed by atoms with Crippen LogP contribution in [0.25, 0.3) is 0 Å². The van der Waals surface area contributed by atoms with Crippen LogP contribution < -0.4 is 10.1 Å². The molecule has 26 heavy (non-hydrogen) atoms.